The van der Waals surface area contributed by atoms with E-state index in [4.69, 9.17) is 5.73 Å². The summed E-state index contributed by atoms with van der Waals surface area (Å²) in [5.74, 6) is 0.104. The van der Waals surface area contributed by atoms with Crippen LogP contribution < -0.4 is 20.7 Å². The quantitative estimate of drug-likeness (QED) is 0.886. The van der Waals surface area contributed by atoms with Crippen molar-refractivity contribution in [2.75, 3.05) is 30.8 Å². The van der Waals surface area contributed by atoms with E-state index >= 15 is 0 Å². The highest BCUT2D eigenvalue weighted by Crippen LogP contribution is 2.30. The number of alkyl halides is 3. The predicted octanol–water partition coefficient (Wildman–Crippen LogP) is 3.03. The number of ether oxygens (including phenoxy) is 1. The molecule has 1 fully saturated rings. The normalized spacial score (nSPS) is 17.8. The second-order valence-electron chi connectivity index (χ2n) is 5.93. The number of likely N-dealkylation sites (N-methyl/N-ethyl adjacent to an activating group) is 1. The molecule has 3 N–H and O–H groups in total. The fourth-order valence-corrected chi connectivity index (χ4v) is 2.93. The molecule has 1 aromatic carbocycles. The summed E-state index contributed by atoms with van der Waals surface area (Å²) in [4.78, 5) is 6.50. The summed E-state index contributed by atoms with van der Waals surface area (Å²) >= 11 is 0. The molecule has 8 heteroatoms. The highest BCUT2D eigenvalue weighted by Gasteiger charge is 2.31. The van der Waals surface area contributed by atoms with Crippen LogP contribution in [0.5, 0.6) is 5.75 Å². The van der Waals surface area contributed by atoms with Crippen LogP contribution in [-0.2, 0) is 0 Å². The van der Waals surface area contributed by atoms with Crippen LogP contribution in [0, 0.1) is 0 Å². The molecule has 0 spiro atoms. The van der Waals surface area contributed by atoms with E-state index in [9.17, 15) is 13.2 Å². The summed E-state index contributed by atoms with van der Waals surface area (Å²) in [5, 5.41) is 3.26. The van der Waals surface area contributed by atoms with Crippen LogP contribution in [0.25, 0.3) is 11.3 Å². The van der Waals surface area contributed by atoms with Gasteiger partial charge in [0.1, 0.15) is 11.6 Å². The summed E-state index contributed by atoms with van der Waals surface area (Å²) in [6.45, 7) is 1.78. The molecule has 1 aromatic heterocycles. The van der Waals surface area contributed by atoms with Gasteiger partial charge >= 0.3 is 6.36 Å². The van der Waals surface area contributed by atoms with Crippen molar-refractivity contribution in [3.05, 3.63) is 36.4 Å². The fraction of sp³-hybridized carbons (Fsp3) is 0.353. The number of hydrogen-bond donors (Lipinski definition) is 2. The van der Waals surface area contributed by atoms with E-state index in [-0.39, 0.29) is 5.75 Å². The summed E-state index contributed by atoms with van der Waals surface area (Å²) in [6.07, 6.45) is -3.67. The number of nitrogen functional groups attached to an aromatic ring is 1. The number of anilines is 2. The van der Waals surface area contributed by atoms with Crippen molar-refractivity contribution in [3.63, 3.8) is 0 Å². The minimum absolute atomic E-state index is 0.267. The van der Waals surface area contributed by atoms with Crippen LogP contribution in [0.2, 0.25) is 0 Å². The molecule has 1 aliphatic rings. The minimum Gasteiger partial charge on any atom is -0.406 e. The molecule has 0 aliphatic carbocycles. The SMILES string of the molecule is CNC1CCN(c2cc(N)nc(-c3ccc(OC(F)(F)F)cc3)c2)C1. The Bertz CT molecular complexity index is 734. The molecule has 0 bridgehead atoms. The smallest absolute Gasteiger partial charge is 0.406 e. The average molecular weight is 352 g/mol. The van der Waals surface area contributed by atoms with Crippen LogP contribution in [0.1, 0.15) is 6.42 Å². The van der Waals surface area contributed by atoms with E-state index in [2.05, 4.69) is 19.9 Å². The standard InChI is InChI=1S/C17H19F3N4O/c1-22-12-6-7-24(10-12)13-8-15(23-16(21)9-13)11-2-4-14(5-3-11)25-17(18,19)20/h2-5,8-9,12,22H,6-7,10H2,1H3,(H2,21,23). The Hall–Kier alpha value is -2.48. The van der Waals surface area contributed by atoms with Crippen molar-refractivity contribution in [1.82, 2.24) is 10.3 Å². The van der Waals surface area contributed by atoms with Gasteiger partial charge < -0.3 is 20.7 Å². The minimum atomic E-state index is -4.70. The second-order valence-corrected chi connectivity index (χ2v) is 5.93. The summed E-state index contributed by atoms with van der Waals surface area (Å²) in [5.41, 5.74) is 8.16. The number of aromatic nitrogens is 1. The Morgan fingerprint density at radius 1 is 1.24 bits per heavy atom. The fourth-order valence-electron chi connectivity index (χ4n) is 2.93. The van der Waals surface area contributed by atoms with Gasteiger partial charge in [-0.25, -0.2) is 4.98 Å². The third-order valence-corrected chi connectivity index (χ3v) is 4.18. The molecule has 134 valence electrons. The number of benzene rings is 1. The number of hydrogen-bond acceptors (Lipinski definition) is 5. The van der Waals surface area contributed by atoms with Gasteiger partial charge in [-0.05, 0) is 43.8 Å². The van der Waals surface area contributed by atoms with E-state index in [1.807, 2.05) is 19.2 Å². The first kappa shape index (κ1) is 17.3. The first-order valence-electron chi connectivity index (χ1n) is 7.90. The summed E-state index contributed by atoms with van der Waals surface area (Å²) in [7, 11) is 1.94. The van der Waals surface area contributed by atoms with Crippen LogP contribution in [0.3, 0.4) is 0 Å². The Labute approximate surface area is 143 Å². The Balaban J connectivity index is 1.83. The lowest BCUT2D eigenvalue weighted by Crippen LogP contribution is -2.29. The van der Waals surface area contributed by atoms with E-state index in [1.54, 1.807) is 0 Å². The van der Waals surface area contributed by atoms with Gasteiger partial charge in [-0.1, -0.05) is 0 Å². The number of halogens is 3. The number of nitrogens with two attached hydrogens (primary N) is 1. The largest absolute Gasteiger partial charge is 0.573 e. The summed E-state index contributed by atoms with van der Waals surface area (Å²) < 4.78 is 40.6. The average Bonchev–Trinajstić information content (AvgIpc) is 3.02. The van der Waals surface area contributed by atoms with Crippen LogP contribution in [-0.4, -0.2) is 37.5 Å². The van der Waals surface area contributed by atoms with Gasteiger partial charge in [-0.2, -0.15) is 0 Å². The molecule has 0 saturated carbocycles. The molecule has 1 aliphatic heterocycles. The maximum Gasteiger partial charge on any atom is 0.573 e. The van der Waals surface area contributed by atoms with Crippen LogP contribution >= 0.6 is 0 Å². The summed E-state index contributed by atoms with van der Waals surface area (Å²) in [6, 6.07) is 9.73. The van der Waals surface area contributed by atoms with Crippen molar-refractivity contribution in [2.45, 2.75) is 18.8 Å². The topological polar surface area (TPSA) is 63.4 Å². The lowest BCUT2D eigenvalue weighted by molar-refractivity contribution is -0.274. The number of pyridine rings is 1. The van der Waals surface area contributed by atoms with E-state index in [1.165, 1.54) is 24.3 Å². The van der Waals surface area contributed by atoms with E-state index in [0.29, 0.717) is 23.1 Å². The molecule has 2 heterocycles. The lowest BCUT2D eigenvalue weighted by Gasteiger charge is -2.20. The molecule has 1 unspecified atom stereocenters. The number of rotatable bonds is 4. The second kappa shape index (κ2) is 6.79. The van der Waals surface area contributed by atoms with Crippen molar-refractivity contribution in [1.29, 1.82) is 0 Å². The molecule has 0 radical (unpaired) electrons. The zero-order valence-electron chi connectivity index (χ0n) is 13.7. The zero-order valence-corrected chi connectivity index (χ0v) is 13.7. The van der Waals surface area contributed by atoms with Crippen LogP contribution in [0.4, 0.5) is 24.7 Å². The molecule has 2 aromatic rings. The molecule has 25 heavy (non-hydrogen) atoms. The Morgan fingerprint density at radius 2 is 1.96 bits per heavy atom. The van der Waals surface area contributed by atoms with Gasteiger partial charge in [-0.15, -0.1) is 13.2 Å². The predicted molar refractivity (Wildman–Crippen MR) is 90.4 cm³/mol. The Morgan fingerprint density at radius 3 is 2.56 bits per heavy atom. The van der Waals surface area contributed by atoms with Gasteiger partial charge in [-0.3, -0.25) is 0 Å². The van der Waals surface area contributed by atoms with Gasteiger partial charge in [0.05, 0.1) is 5.69 Å². The monoisotopic (exact) mass is 352 g/mol. The van der Waals surface area contributed by atoms with Crippen molar-refractivity contribution in [2.24, 2.45) is 0 Å². The van der Waals surface area contributed by atoms with Crippen molar-refractivity contribution < 1.29 is 17.9 Å². The van der Waals surface area contributed by atoms with Crippen LogP contribution in [0.15, 0.2) is 36.4 Å². The first-order chi connectivity index (χ1) is 11.8. The maximum atomic E-state index is 12.2. The molecular formula is C17H19F3N4O. The van der Waals surface area contributed by atoms with Gasteiger partial charge in [0.15, 0.2) is 0 Å². The zero-order chi connectivity index (χ0) is 18.0. The molecule has 1 atom stereocenters. The van der Waals surface area contributed by atoms with Crippen molar-refractivity contribution >= 4 is 11.5 Å². The number of nitrogens with one attached hydrogen (secondary N) is 1. The van der Waals surface area contributed by atoms with Gasteiger partial charge in [0, 0.05) is 36.4 Å². The van der Waals surface area contributed by atoms with Gasteiger partial charge in [0.2, 0.25) is 0 Å². The highest BCUT2D eigenvalue weighted by atomic mass is 19.4. The molecular weight excluding hydrogens is 333 g/mol. The molecule has 1 saturated heterocycles. The molecule has 0 amide bonds. The third-order valence-electron chi connectivity index (χ3n) is 4.18. The Kier molecular flexibility index (Phi) is 4.71. The van der Waals surface area contributed by atoms with E-state index < -0.39 is 6.36 Å². The molecule has 3 rings (SSSR count). The third kappa shape index (κ3) is 4.33. The number of nitrogens with zero attached hydrogens (tertiary/aromatic N) is 2. The van der Waals surface area contributed by atoms with E-state index in [0.717, 1.165) is 25.2 Å². The van der Waals surface area contributed by atoms with Crippen molar-refractivity contribution in [3.8, 4) is 17.0 Å². The van der Waals surface area contributed by atoms with Gasteiger partial charge in [0.25, 0.3) is 0 Å². The first-order valence-corrected chi connectivity index (χ1v) is 7.90. The highest BCUT2D eigenvalue weighted by molar-refractivity contribution is 5.68. The lowest BCUT2D eigenvalue weighted by atomic mass is 10.1. The molecule has 5 nitrogen and oxygen atoms in total. The maximum absolute atomic E-state index is 12.2.